The monoisotopic (exact) mass is 602 g/mol. The van der Waals surface area contributed by atoms with Gasteiger partial charge >= 0.3 is 12.4 Å². The Morgan fingerprint density at radius 3 is 1.46 bits per heavy atom. The number of nitrogens with one attached hydrogen (secondary N) is 2. The molecule has 0 aliphatic rings. The Balaban J connectivity index is 1.99. The van der Waals surface area contributed by atoms with Gasteiger partial charge in [0.1, 0.15) is 0 Å². The first-order valence-electron chi connectivity index (χ1n) is 9.19. The van der Waals surface area contributed by atoms with Crippen LogP contribution < -0.4 is 9.44 Å². The molecular formula is C20H13BrF6N2O4S2. The summed E-state index contributed by atoms with van der Waals surface area (Å²) in [6.07, 6.45) is -9.62. The topological polar surface area (TPSA) is 92.3 Å². The Kier molecular flexibility index (Phi) is 7.16. The third-order valence-corrected chi connectivity index (χ3v) is 7.63. The maximum Gasteiger partial charge on any atom is 0.416 e. The van der Waals surface area contributed by atoms with E-state index in [2.05, 4.69) is 15.9 Å². The summed E-state index contributed by atoms with van der Waals surface area (Å²) in [4.78, 5) is -1.50. The largest absolute Gasteiger partial charge is 0.416 e. The summed E-state index contributed by atoms with van der Waals surface area (Å²) in [5, 5.41) is 0. The molecule has 0 amide bonds. The van der Waals surface area contributed by atoms with Crippen molar-refractivity contribution in [3.05, 3.63) is 82.3 Å². The molecule has 15 heteroatoms. The first-order chi connectivity index (χ1) is 16.0. The van der Waals surface area contributed by atoms with Crippen LogP contribution in [0.2, 0.25) is 0 Å². The molecule has 0 radical (unpaired) electrons. The molecule has 0 spiro atoms. The molecular weight excluding hydrogens is 590 g/mol. The lowest BCUT2D eigenvalue weighted by atomic mass is 10.2. The fourth-order valence-corrected chi connectivity index (χ4v) is 5.38. The molecule has 0 fully saturated rings. The van der Waals surface area contributed by atoms with Crippen molar-refractivity contribution in [3.8, 4) is 0 Å². The zero-order chi connectivity index (χ0) is 26.2. The predicted molar refractivity (Wildman–Crippen MR) is 119 cm³/mol. The van der Waals surface area contributed by atoms with E-state index in [1.54, 1.807) is 0 Å². The highest BCUT2D eigenvalue weighted by atomic mass is 79.9. The predicted octanol–water partition coefficient (Wildman–Crippen LogP) is 6.09. The van der Waals surface area contributed by atoms with E-state index in [1.165, 1.54) is 6.07 Å². The number of alkyl halides is 6. The molecule has 188 valence electrons. The SMILES string of the molecule is O=S(=O)(Nc1ccc(Br)cc1NS(=O)(=O)c1cccc(C(F)(F)F)c1)c1cccc(C(F)(F)F)c1. The van der Waals surface area contributed by atoms with Crippen molar-refractivity contribution in [2.45, 2.75) is 22.1 Å². The number of benzene rings is 3. The number of hydrogen-bond acceptors (Lipinski definition) is 4. The Morgan fingerprint density at radius 1 is 0.600 bits per heavy atom. The minimum atomic E-state index is -4.81. The first-order valence-corrected chi connectivity index (χ1v) is 12.9. The van der Waals surface area contributed by atoms with Gasteiger partial charge in [-0.3, -0.25) is 9.44 Å². The second-order valence-corrected chi connectivity index (χ2v) is 11.2. The Labute approximate surface area is 204 Å². The van der Waals surface area contributed by atoms with Crippen molar-refractivity contribution in [2.24, 2.45) is 0 Å². The van der Waals surface area contributed by atoms with Gasteiger partial charge in [0.25, 0.3) is 20.0 Å². The lowest BCUT2D eigenvalue weighted by Crippen LogP contribution is -2.18. The Morgan fingerprint density at radius 2 is 1.03 bits per heavy atom. The molecule has 2 N–H and O–H groups in total. The molecule has 0 aliphatic carbocycles. The standard InChI is InChI=1S/C20H13BrF6N2O4S2/c21-14-7-8-17(28-34(30,31)15-5-1-3-12(9-15)19(22,23)24)18(11-14)29-35(32,33)16-6-2-4-13(10-16)20(25,26)27/h1-11,28-29H. The van der Waals surface area contributed by atoms with Crippen LogP contribution in [0.4, 0.5) is 37.7 Å². The summed E-state index contributed by atoms with van der Waals surface area (Å²) >= 11 is 3.07. The van der Waals surface area contributed by atoms with E-state index >= 15 is 0 Å². The molecule has 0 atom stereocenters. The highest BCUT2D eigenvalue weighted by Crippen LogP contribution is 2.34. The number of hydrogen-bond donors (Lipinski definition) is 2. The molecule has 0 aromatic heterocycles. The fourth-order valence-electron chi connectivity index (χ4n) is 2.78. The van der Waals surface area contributed by atoms with Crippen molar-refractivity contribution in [2.75, 3.05) is 9.44 Å². The first kappa shape index (κ1) is 26.8. The lowest BCUT2D eigenvalue weighted by molar-refractivity contribution is -0.138. The summed E-state index contributed by atoms with van der Waals surface area (Å²) in [7, 11) is -9.26. The third kappa shape index (κ3) is 6.46. The van der Waals surface area contributed by atoms with Crippen LogP contribution in [0.1, 0.15) is 11.1 Å². The van der Waals surface area contributed by atoms with Crippen molar-refractivity contribution in [1.82, 2.24) is 0 Å². The second-order valence-electron chi connectivity index (χ2n) is 6.95. The van der Waals surface area contributed by atoms with Gasteiger partial charge in [-0.25, -0.2) is 16.8 Å². The summed E-state index contributed by atoms with van der Waals surface area (Å²) in [6.45, 7) is 0. The maximum atomic E-state index is 13.0. The maximum absolute atomic E-state index is 13.0. The molecule has 0 unspecified atom stereocenters. The molecule has 3 rings (SSSR count). The van der Waals surface area contributed by atoms with Gasteiger partial charge in [0.15, 0.2) is 0 Å². The van der Waals surface area contributed by atoms with Crippen LogP contribution in [0.25, 0.3) is 0 Å². The molecule has 35 heavy (non-hydrogen) atoms. The normalized spacial score (nSPS) is 12.9. The Bertz CT molecular complexity index is 1470. The van der Waals surface area contributed by atoms with E-state index in [1.807, 2.05) is 9.44 Å². The van der Waals surface area contributed by atoms with E-state index in [9.17, 15) is 43.2 Å². The van der Waals surface area contributed by atoms with Crippen LogP contribution in [0.3, 0.4) is 0 Å². The van der Waals surface area contributed by atoms with Gasteiger partial charge in [-0.05, 0) is 54.6 Å². The minimum absolute atomic E-state index is 0.265. The summed E-state index contributed by atoms with van der Waals surface area (Å²) < 4.78 is 133. The van der Waals surface area contributed by atoms with E-state index in [0.29, 0.717) is 24.3 Å². The third-order valence-electron chi connectivity index (χ3n) is 4.41. The number of halogens is 7. The zero-order valence-electron chi connectivity index (χ0n) is 16.9. The highest BCUT2D eigenvalue weighted by molar-refractivity contribution is 9.10. The summed E-state index contributed by atoms with van der Waals surface area (Å²) in [6, 6.07) is 9.26. The molecule has 3 aromatic carbocycles. The van der Waals surface area contributed by atoms with E-state index in [4.69, 9.17) is 0 Å². The smallest absolute Gasteiger partial charge is 0.277 e. The summed E-state index contributed by atoms with van der Waals surface area (Å²) in [5.74, 6) is 0. The van der Waals surface area contributed by atoms with Crippen molar-refractivity contribution >= 4 is 47.4 Å². The number of anilines is 2. The zero-order valence-corrected chi connectivity index (χ0v) is 20.2. The minimum Gasteiger partial charge on any atom is -0.277 e. The molecule has 0 bridgehead atoms. The van der Waals surface area contributed by atoms with Gasteiger partial charge < -0.3 is 0 Å². The van der Waals surface area contributed by atoms with Gasteiger partial charge in [0.05, 0.1) is 32.3 Å². The number of sulfonamides is 2. The molecule has 0 aliphatic heterocycles. The number of rotatable bonds is 6. The van der Waals surface area contributed by atoms with Crippen molar-refractivity contribution < 1.29 is 43.2 Å². The average Bonchev–Trinajstić information content (AvgIpc) is 2.74. The molecule has 0 heterocycles. The molecule has 0 saturated heterocycles. The van der Waals surface area contributed by atoms with E-state index < -0.39 is 59.0 Å². The van der Waals surface area contributed by atoms with Crippen LogP contribution >= 0.6 is 15.9 Å². The second kappa shape index (κ2) is 9.35. The molecule has 6 nitrogen and oxygen atoms in total. The van der Waals surface area contributed by atoms with Gasteiger partial charge in [-0.15, -0.1) is 0 Å². The van der Waals surface area contributed by atoms with Crippen LogP contribution in [-0.4, -0.2) is 16.8 Å². The Hall–Kier alpha value is -2.78. The van der Waals surface area contributed by atoms with Crippen LogP contribution in [0, 0.1) is 0 Å². The highest BCUT2D eigenvalue weighted by Gasteiger charge is 2.33. The van der Waals surface area contributed by atoms with Crippen LogP contribution in [0.5, 0.6) is 0 Å². The molecule has 3 aromatic rings. The average molecular weight is 603 g/mol. The van der Waals surface area contributed by atoms with E-state index in [0.717, 1.165) is 36.4 Å². The fraction of sp³-hybridized carbons (Fsp3) is 0.100. The molecule has 0 saturated carbocycles. The summed E-state index contributed by atoms with van der Waals surface area (Å²) in [5.41, 5.74) is -3.23. The van der Waals surface area contributed by atoms with Crippen LogP contribution in [-0.2, 0) is 32.4 Å². The van der Waals surface area contributed by atoms with Gasteiger partial charge in [-0.1, -0.05) is 28.1 Å². The van der Waals surface area contributed by atoms with Crippen LogP contribution in [0.15, 0.2) is 81.0 Å². The lowest BCUT2D eigenvalue weighted by Gasteiger charge is -2.16. The van der Waals surface area contributed by atoms with Gasteiger partial charge in [0, 0.05) is 4.47 Å². The van der Waals surface area contributed by atoms with Crippen molar-refractivity contribution in [3.63, 3.8) is 0 Å². The van der Waals surface area contributed by atoms with Crippen molar-refractivity contribution in [1.29, 1.82) is 0 Å². The van der Waals surface area contributed by atoms with Gasteiger partial charge in [-0.2, -0.15) is 26.3 Å². The van der Waals surface area contributed by atoms with Gasteiger partial charge in [0.2, 0.25) is 0 Å². The quantitative estimate of drug-likeness (QED) is 0.334. The van der Waals surface area contributed by atoms with E-state index in [-0.39, 0.29) is 10.2 Å².